The highest BCUT2D eigenvalue weighted by Crippen LogP contribution is 2.11. The van der Waals surface area contributed by atoms with Crippen molar-refractivity contribution in [2.24, 2.45) is 5.92 Å². The third-order valence-electron chi connectivity index (χ3n) is 8.63. The van der Waals surface area contributed by atoms with Gasteiger partial charge >= 0.3 is 17.9 Å². The molecule has 0 fully saturated rings. The number of ether oxygens (including phenoxy) is 2. The molecule has 0 aromatic heterocycles. The molecule has 54 heavy (non-hydrogen) atoms. The van der Waals surface area contributed by atoms with E-state index in [1.807, 2.05) is 0 Å². The van der Waals surface area contributed by atoms with Crippen molar-refractivity contribution in [1.82, 2.24) is 21.3 Å². The third kappa shape index (κ3) is 34.0. The van der Waals surface area contributed by atoms with Crippen LogP contribution in [-0.2, 0) is 43.0 Å². The summed E-state index contributed by atoms with van der Waals surface area (Å²) in [5.41, 5.74) is 0. The van der Waals surface area contributed by atoms with E-state index in [4.69, 9.17) is 19.7 Å². The number of carbonyl (C=O) groups is 7. The maximum atomic E-state index is 12.2. The number of carbonyl (C=O) groups excluding carboxylic acids is 4. The lowest BCUT2D eigenvalue weighted by Gasteiger charge is -2.14. The molecular weight excluding hydrogens is 704 g/mol. The van der Waals surface area contributed by atoms with Gasteiger partial charge in [0, 0.05) is 78.2 Å². The molecule has 0 radical (unpaired) electrons. The highest BCUT2D eigenvalue weighted by atomic mass is 16.5. The molecule has 0 rings (SSSR count). The summed E-state index contributed by atoms with van der Waals surface area (Å²) >= 11 is 0. The molecule has 0 heterocycles. The van der Waals surface area contributed by atoms with Crippen LogP contribution >= 0.6 is 0 Å². The summed E-state index contributed by atoms with van der Waals surface area (Å²) in [6, 6.07) is -1.26. The number of nitrogens with one attached hydrogen (secondary N) is 4. The van der Waals surface area contributed by atoms with Crippen LogP contribution in [0.1, 0.15) is 142 Å². The minimum absolute atomic E-state index is 0.0713. The van der Waals surface area contributed by atoms with Crippen molar-refractivity contribution >= 4 is 41.5 Å². The van der Waals surface area contributed by atoms with Gasteiger partial charge in [0.25, 0.3) is 0 Å². The van der Waals surface area contributed by atoms with Crippen molar-refractivity contribution in [1.29, 1.82) is 0 Å². The fourth-order valence-corrected chi connectivity index (χ4v) is 5.26. The fraction of sp³-hybridized carbons (Fsp3) is 0.816. The minimum Gasteiger partial charge on any atom is -0.481 e. The van der Waals surface area contributed by atoms with E-state index in [-0.39, 0.29) is 49.8 Å². The van der Waals surface area contributed by atoms with Gasteiger partial charge in [0.2, 0.25) is 23.6 Å². The average molecular weight is 773 g/mol. The Morgan fingerprint density at radius 3 is 1.41 bits per heavy atom. The van der Waals surface area contributed by atoms with E-state index in [1.54, 1.807) is 6.92 Å². The van der Waals surface area contributed by atoms with Crippen LogP contribution in [0.25, 0.3) is 0 Å². The number of amides is 4. The maximum absolute atomic E-state index is 12.2. The van der Waals surface area contributed by atoms with E-state index in [1.165, 1.54) is 0 Å². The van der Waals surface area contributed by atoms with Crippen molar-refractivity contribution in [2.45, 2.75) is 148 Å². The monoisotopic (exact) mass is 772 g/mol. The topological polar surface area (TPSA) is 247 Å². The second-order valence-corrected chi connectivity index (χ2v) is 13.6. The summed E-state index contributed by atoms with van der Waals surface area (Å²) < 4.78 is 11.2. The van der Waals surface area contributed by atoms with Gasteiger partial charge in [0.05, 0.1) is 5.92 Å². The predicted octanol–water partition coefficient (Wildman–Crippen LogP) is 3.94. The molecule has 0 bridgehead atoms. The van der Waals surface area contributed by atoms with Crippen LogP contribution in [0.3, 0.4) is 0 Å². The van der Waals surface area contributed by atoms with Gasteiger partial charge in [-0.2, -0.15) is 0 Å². The van der Waals surface area contributed by atoms with E-state index >= 15 is 0 Å². The Hall–Kier alpha value is -3.79. The van der Waals surface area contributed by atoms with Crippen molar-refractivity contribution in [3.8, 4) is 0 Å². The first-order valence-corrected chi connectivity index (χ1v) is 19.8. The Labute approximate surface area is 320 Å². The molecule has 312 valence electrons. The van der Waals surface area contributed by atoms with Crippen LogP contribution in [0.4, 0.5) is 0 Å². The lowest BCUT2D eigenvalue weighted by Crippen LogP contribution is -2.42. The summed E-state index contributed by atoms with van der Waals surface area (Å²) in [5.74, 6) is -4.54. The van der Waals surface area contributed by atoms with Crippen molar-refractivity contribution in [3.05, 3.63) is 0 Å². The van der Waals surface area contributed by atoms with E-state index < -0.39 is 35.8 Å². The van der Waals surface area contributed by atoms with E-state index in [2.05, 4.69) is 21.3 Å². The zero-order chi connectivity index (χ0) is 40.2. The highest BCUT2D eigenvalue weighted by Gasteiger charge is 2.21. The van der Waals surface area contributed by atoms with E-state index in [0.29, 0.717) is 78.2 Å². The summed E-state index contributed by atoms with van der Waals surface area (Å²) in [7, 11) is 0. The Bertz CT molecular complexity index is 1070. The average Bonchev–Trinajstić information content (AvgIpc) is 3.12. The fourth-order valence-electron chi connectivity index (χ4n) is 5.26. The van der Waals surface area contributed by atoms with Gasteiger partial charge in [-0.3, -0.25) is 28.8 Å². The molecule has 16 nitrogen and oxygen atoms in total. The summed E-state index contributed by atoms with van der Waals surface area (Å²) in [4.78, 5) is 81.1. The van der Waals surface area contributed by atoms with Crippen LogP contribution < -0.4 is 21.3 Å². The van der Waals surface area contributed by atoms with Crippen LogP contribution in [0.15, 0.2) is 0 Å². The highest BCUT2D eigenvalue weighted by molar-refractivity contribution is 5.87. The van der Waals surface area contributed by atoms with Crippen molar-refractivity contribution in [2.75, 3.05) is 46.1 Å². The molecule has 16 heteroatoms. The lowest BCUT2D eigenvalue weighted by atomic mass is 10.0. The molecule has 2 atom stereocenters. The molecule has 0 aliphatic carbocycles. The normalized spacial score (nSPS) is 12.0. The molecule has 0 saturated heterocycles. The number of carboxylic acid groups (broad SMARTS) is 3. The first kappa shape index (κ1) is 50.2. The molecule has 0 aromatic carbocycles. The number of rotatable bonds is 38. The number of hydrogen-bond donors (Lipinski definition) is 7. The number of aliphatic carboxylic acids is 3. The molecule has 0 aromatic rings. The smallest absolute Gasteiger partial charge is 0.326 e. The maximum Gasteiger partial charge on any atom is 0.326 e. The molecule has 0 aliphatic rings. The molecule has 0 saturated carbocycles. The molecule has 0 unspecified atom stereocenters. The standard InChI is InChI=1S/C38H68N4O12/c1-30(37(49)50)16-10-11-23-39-33(44)20-19-31(38(51)52)42-35(46)22-21-34(45)41-25-15-29-54-27-13-12-26-53-28-14-24-40-32(43)17-8-6-4-2-3-5-7-9-18-36(47)48/h30-31H,2-29H2,1H3,(H,39,44)(H,40,43)(H,41,45)(H,42,46)(H,47,48)(H,49,50)(H,51,52)/t30-,31-/m0/s1. The largest absolute Gasteiger partial charge is 0.481 e. The van der Waals surface area contributed by atoms with Crippen LogP contribution in [0.2, 0.25) is 0 Å². The van der Waals surface area contributed by atoms with Gasteiger partial charge in [-0.25, -0.2) is 4.79 Å². The molecule has 7 N–H and O–H groups in total. The second kappa shape index (κ2) is 34.9. The number of unbranched alkanes of at least 4 members (excludes halogenated alkanes) is 9. The van der Waals surface area contributed by atoms with Crippen LogP contribution in [0, 0.1) is 5.92 Å². The summed E-state index contributed by atoms with van der Waals surface area (Å²) in [6.07, 6.45) is 13.1. The van der Waals surface area contributed by atoms with Gasteiger partial charge in [0.1, 0.15) is 6.04 Å². The minimum atomic E-state index is -1.27. The van der Waals surface area contributed by atoms with Gasteiger partial charge in [-0.05, 0) is 57.8 Å². The Morgan fingerprint density at radius 1 is 0.444 bits per heavy atom. The Kier molecular flexibility index (Phi) is 32.5. The molecule has 4 amide bonds. The quantitative estimate of drug-likeness (QED) is 0.0441. The number of hydrogen-bond acceptors (Lipinski definition) is 9. The van der Waals surface area contributed by atoms with Crippen LogP contribution in [0.5, 0.6) is 0 Å². The first-order chi connectivity index (χ1) is 25.9. The van der Waals surface area contributed by atoms with Gasteiger partial charge in [-0.15, -0.1) is 0 Å². The Morgan fingerprint density at radius 2 is 0.889 bits per heavy atom. The second-order valence-electron chi connectivity index (χ2n) is 13.6. The van der Waals surface area contributed by atoms with Crippen molar-refractivity contribution < 1.29 is 58.4 Å². The SMILES string of the molecule is C[C@@H](CCCCNC(=O)CC[C@H](NC(=O)CCC(=O)NCCCOCCCCOCCCNC(=O)CCCCCCCCCCC(=O)O)C(=O)O)C(=O)O. The Balaban J connectivity index is 3.64. The zero-order valence-electron chi connectivity index (χ0n) is 32.5. The van der Waals surface area contributed by atoms with Crippen molar-refractivity contribution in [3.63, 3.8) is 0 Å². The van der Waals surface area contributed by atoms with Gasteiger partial charge < -0.3 is 46.1 Å². The molecule has 0 aliphatic heterocycles. The van der Waals surface area contributed by atoms with Gasteiger partial charge in [0.15, 0.2) is 0 Å². The summed E-state index contributed by atoms with van der Waals surface area (Å²) in [5, 5.41) is 37.6. The van der Waals surface area contributed by atoms with Gasteiger partial charge in [-0.1, -0.05) is 51.9 Å². The zero-order valence-corrected chi connectivity index (χ0v) is 32.5. The third-order valence-corrected chi connectivity index (χ3v) is 8.63. The number of carboxylic acids is 3. The van der Waals surface area contributed by atoms with E-state index in [0.717, 1.165) is 70.6 Å². The first-order valence-electron chi connectivity index (χ1n) is 19.8. The van der Waals surface area contributed by atoms with E-state index in [9.17, 15) is 38.7 Å². The lowest BCUT2D eigenvalue weighted by molar-refractivity contribution is -0.142. The predicted molar refractivity (Wildman–Crippen MR) is 202 cm³/mol. The molecule has 0 spiro atoms. The molecular formula is C38H68N4O12. The summed E-state index contributed by atoms with van der Waals surface area (Å²) in [6.45, 7) is 5.17. The van der Waals surface area contributed by atoms with Crippen LogP contribution in [-0.4, -0.2) is 109 Å².